The Morgan fingerprint density at radius 3 is 2.67 bits per heavy atom. The zero-order valence-corrected chi connectivity index (χ0v) is 9.89. The van der Waals surface area contributed by atoms with Gasteiger partial charge in [-0.2, -0.15) is 0 Å². The molecule has 0 spiro atoms. The molecule has 1 N–H and O–H groups in total. The molecule has 0 saturated carbocycles. The second-order valence-electron chi connectivity index (χ2n) is 4.55. The quantitative estimate of drug-likeness (QED) is 0.743. The van der Waals surface area contributed by atoms with E-state index in [2.05, 4.69) is 5.32 Å². The minimum absolute atomic E-state index is 0.117. The molecule has 3 rings (SSSR count). The highest BCUT2D eigenvalue weighted by Crippen LogP contribution is 2.28. The number of imide groups is 1. The van der Waals surface area contributed by atoms with E-state index in [1.54, 1.807) is 0 Å². The molecule has 1 aromatic rings. The topological polar surface area (TPSA) is 58.6 Å². The molecule has 0 bridgehead atoms. The number of fused-ring (bicyclic) bond motifs is 1. The van der Waals surface area contributed by atoms with Crippen molar-refractivity contribution in [1.29, 1.82) is 0 Å². The Labute approximate surface area is 105 Å². The van der Waals surface area contributed by atoms with E-state index in [1.165, 1.54) is 4.90 Å². The normalized spacial score (nSPS) is 22.9. The summed E-state index contributed by atoms with van der Waals surface area (Å²) in [5, 5.41) is 2.77. The van der Waals surface area contributed by atoms with Crippen molar-refractivity contribution in [3.8, 4) is 5.75 Å². The lowest BCUT2D eigenvalue weighted by molar-refractivity contribution is -0.147. The molecule has 0 radical (unpaired) electrons. The van der Waals surface area contributed by atoms with E-state index in [1.807, 2.05) is 24.3 Å². The average molecular weight is 246 g/mol. The summed E-state index contributed by atoms with van der Waals surface area (Å²) in [5.41, 5.74) is 1.14. The van der Waals surface area contributed by atoms with E-state index in [-0.39, 0.29) is 31.0 Å². The van der Waals surface area contributed by atoms with Crippen molar-refractivity contribution >= 4 is 11.8 Å². The second-order valence-corrected chi connectivity index (χ2v) is 4.55. The van der Waals surface area contributed by atoms with Crippen LogP contribution in [0.25, 0.3) is 0 Å². The van der Waals surface area contributed by atoms with E-state index < -0.39 is 0 Å². The molecule has 5 nitrogen and oxygen atoms in total. The number of para-hydroxylation sites is 1. The van der Waals surface area contributed by atoms with Crippen LogP contribution < -0.4 is 10.1 Å². The van der Waals surface area contributed by atoms with E-state index in [4.69, 9.17) is 4.74 Å². The first kappa shape index (κ1) is 11.2. The van der Waals surface area contributed by atoms with Crippen molar-refractivity contribution < 1.29 is 14.3 Å². The number of nitrogens with zero attached hydrogens (tertiary/aromatic N) is 1. The number of carbonyl (C=O) groups is 2. The van der Waals surface area contributed by atoms with Gasteiger partial charge in [-0.3, -0.25) is 19.8 Å². The highest BCUT2D eigenvalue weighted by Gasteiger charge is 2.31. The second kappa shape index (κ2) is 4.42. The predicted molar refractivity (Wildman–Crippen MR) is 64.2 cm³/mol. The van der Waals surface area contributed by atoms with Gasteiger partial charge in [0.2, 0.25) is 11.8 Å². The van der Waals surface area contributed by atoms with Crippen molar-refractivity contribution in [3.05, 3.63) is 29.8 Å². The van der Waals surface area contributed by atoms with Crippen LogP contribution in [0.4, 0.5) is 0 Å². The number of hydrogen-bond acceptors (Lipinski definition) is 4. The lowest BCUT2D eigenvalue weighted by Crippen LogP contribution is -2.54. The largest absolute Gasteiger partial charge is 0.488 e. The summed E-state index contributed by atoms with van der Waals surface area (Å²) >= 11 is 0. The van der Waals surface area contributed by atoms with Gasteiger partial charge in [-0.25, -0.2) is 0 Å². The first-order valence-corrected chi connectivity index (χ1v) is 6.02. The van der Waals surface area contributed by atoms with E-state index in [9.17, 15) is 9.59 Å². The van der Waals surface area contributed by atoms with Crippen LogP contribution in [0, 0.1) is 0 Å². The molecule has 0 aliphatic carbocycles. The monoisotopic (exact) mass is 246 g/mol. The molecule has 2 aliphatic rings. The average Bonchev–Trinajstić information content (AvgIpc) is 2.76. The van der Waals surface area contributed by atoms with Crippen molar-refractivity contribution in [2.45, 2.75) is 12.5 Å². The van der Waals surface area contributed by atoms with Gasteiger partial charge in [-0.1, -0.05) is 18.2 Å². The van der Waals surface area contributed by atoms with Crippen LogP contribution in [0.1, 0.15) is 5.56 Å². The first-order chi connectivity index (χ1) is 8.74. The fourth-order valence-electron chi connectivity index (χ4n) is 2.37. The predicted octanol–water partition coefficient (Wildman–Crippen LogP) is -0.0515. The Bertz CT molecular complexity index is 460. The van der Waals surface area contributed by atoms with Crippen molar-refractivity contribution in [3.63, 3.8) is 0 Å². The number of ether oxygens (including phenoxy) is 1. The molecule has 1 fully saturated rings. The summed E-state index contributed by atoms with van der Waals surface area (Å²) in [6, 6.07) is 7.81. The smallest absolute Gasteiger partial charge is 0.243 e. The van der Waals surface area contributed by atoms with Crippen molar-refractivity contribution in [2.24, 2.45) is 0 Å². The molecule has 2 aliphatic heterocycles. The van der Waals surface area contributed by atoms with Crippen molar-refractivity contribution in [2.75, 3.05) is 19.6 Å². The third-order valence-electron chi connectivity index (χ3n) is 3.25. The summed E-state index contributed by atoms with van der Waals surface area (Å²) in [6.07, 6.45) is 0.633. The maximum absolute atomic E-state index is 11.7. The summed E-state index contributed by atoms with van der Waals surface area (Å²) in [4.78, 5) is 24.6. The lowest BCUT2D eigenvalue weighted by Gasteiger charge is -2.27. The zero-order valence-electron chi connectivity index (χ0n) is 9.89. The molecule has 0 aromatic heterocycles. The molecule has 94 valence electrons. The van der Waals surface area contributed by atoms with Crippen molar-refractivity contribution in [1.82, 2.24) is 10.2 Å². The molecule has 1 atom stereocenters. The Hall–Kier alpha value is -1.88. The van der Waals surface area contributed by atoms with Gasteiger partial charge in [0, 0.05) is 6.42 Å². The fourth-order valence-corrected chi connectivity index (χ4v) is 2.37. The van der Waals surface area contributed by atoms with Crippen LogP contribution in [-0.4, -0.2) is 42.5 Å². The zero-order chi connectivity index (χ0) is 12.5. The Morgan fingerprint density at radius 2 is 1.94 bits per heavy atom. The van der Waals surface area contributed by atoms with Gasteiger partial charge in [0.25, 0.3) is 0 Å². The maximum atomic E-state index is 11.7. The molecule has 18 heavy (non-hydrogen) atoms. The summed E-state index contributed by atoms with van der Waals surface area (Å²) in [7, 11) is 0. The van der Waals surface area contributed by atoms with E-state index in [0.29, 0.717) is 6.54 Å². The molecular formula is C13H14N2O3. The maximum Gasteiger partial charge on any atom is 0.243 e. The van der Waals surface area contributed by atoms with Gasteiger partial charge in [0.1, 0.15) is 11.9 Å². The van der Waals surface area contributed by atoms with E-state index in [0.717, 1.165) is 17.7 Å². The number of rotatable bonds is 2. The first-order valence-electron chi connectivity index (χ1n) is 6.02. The molecular weight excluding hydrogens is 232 g/mol. The van der Waals surface area contributed by atoms with Gasteiger partial charge in [-0.05, 0) is 11.6 Å². The highest BCUT2D eigenvalue weighted by atomic mass is 16.5. The summed E-state index contributed by atoms with van der Waals surface area (Å²) in [5.74, 6) is 0.508. The Morgan fingerprint density at radius 1 is 1.22 bits per heavy atom. The third kappa shape index (κ3) is 1.97. The van der Waals surface area contributed by atoms with Gasteiger partial charge in [-0.15, -0.1) is 0 Å². The van der Waals surface area contributed by atoms with Crippen LogP contribution in [0.3, 0.4) is 0 Å². The molecule has 2 heterocycles. The SMILES string of the molecule is O=C1CNCC(=O)N1CC1Cc2ccccc2O1. The van der Waals surface area contributed by atoms with Gasteiger partial charge >= 0.3 is 0 Å². The molecule has 1 aromatic carbocycles. The number of carbonyl (C=O) groups excluding carboxylic acids is 2. The molecule has 2 amide bonds. The van der Waals surface area contributed by atoms with Gasteiger partial charge in [0.15, 0.2) is 0 Å². The molecule has 1 unspecified atom stereocenters. The van der Waals surface area contributed by atoms with Crippen LogP contribution in [0.2, 0.25) is 0 Å². The Balaban J connectivity index is 1.68. The molecule has 1 saturated heterocycles. The summed E-state index contributed by atoms with van der Waals surface area (Å²) < 4.78 is 5.74. The lowest BCUT2D eigenvalue weighted by atomic mass is 10.1. The Kier molecular flexibility index (Phi) is 2.76. The van der Waals surface area contributed by atoms with Gasteiger partial charge < -0.3 is 4.74 Å². The van der Waals surface area contributed by atoms with Crippen LogP contribution in [-0.2, 0) is 16.0 Å². The van der Waals surface area contributed by atoms with Crippen LogP contribution in [0.5, 0.6) is 5.75 Å². The number of amides is 2. The minimum Gasteiger partial charge on any atom is -0.488 e. The molecule has 5 heteroatoms. The minimum atomic E-state index is -0.175. The summed E-state index contributed by atoms with van der Waals surface area (Å²) in [6.45, 7) is 0.796. The van der Waals surface area contributed by atoms with E-state index >= 15 is 0 Å². The van der Waals surface area contributed by atoms with Crippen LogP contribution in [0.15, 0.2) is 24.3 Å². The standard InChI is InChI=1S/C13H14N2O3/c16-12-6-14-7-13(17)15(12)8-10-5-9-3-1-2-4-11(9)18-10/h1-4,10,14H,5-8H2. The number of hydrogen-bond donors (Lipinski definition) is 1. The fraction of sp³-hybridized carbons (Fsp3) is 0.385. The van der Waals surface area contributed by atoms with Gasteiger partial charge in [0.05, 0.1) is 19.6 Å². The number of benzene rings is 1. The number of piperazine rings is 1. The third-order valence-corrected chi connectivity index (χ3v) is 3.25. The highest BCUT2D eigenvalue weighted by molar-refractivity contribution is 5.99. The van der Waals surface area contributed by atoms with Crippen LogP contribution >= 0.6 is 0 Å². The number of nitrogens with one attached hydrogen (secondary N) is 1.